The first-order chi connectivity index (χ1) is 6.20. The van der Waals surface area contributed by atoms with Crippen LogP contribution in [0, 0.1) is 12.3 Å². The third-order valence-corrected chi connectivity index (χ3v) is 2.08. The molecule has 0 aliphatic heterocycles. The molecule has 0 spiro atoms. The first-order valence-electron chi connectivity index (χ1n) is 5.03. The van der Waals surface area contributed by atoms with Crippen molar-refractivity contribution in [1.29, 1.82) is 0 Å². The summed E-state index contributed by atoms with van der Waals surface area (Å²) in [5, 5.41) is 9.49. The molecule has 13 heavy (non-hydrogen) atoms. The molecule has 0 unspecified atom stereocenters. The Morgan fingerprint density at radius 2 is 2.15 bits per heavy atom. The topological polar surface area (TPSA) is 20.2 Å². The number of hydrogen-bond acceptors (Lipinski definition) is 1. The van der Waals surface area contributed by atoms with Gasteiger partial charge in [-0.1, -0.05) is 45.1 Å². The molecule has 0 aliphatic rings. The molecule has 0 aromatic rings. The lowest BCUT2D eigenvalue weighted by molar-refractivity contribution is 0.162. The van der Waals surface area contributed by atoms with Crippen LogP contribution in [0.5, 0.6) is 0 Å². The van der Waals surface area contributed by atoms with Crippen molar-refractivity contribution in [3.8, 4) is 12.3 Å². The van der Waals surface area contributed by atoms with Gasteiger partial charge in [-0.2, -0.15) is 0 Å². The Hall–Kier alpha value is -0.740. The molecule has 0 fully saturated rings. The maximum atomic E-state index is 9.49. The summed E-state index contributed by atoms with van der Waals surface area (Å²) < 4.78 is 0. The SMILES string of the molecule is C#CC(=C)C[C@H](O)CCCCCC. The zero-order valence-electron chi connectivity index (χ0n) is 8.55. The number of rotatable bonds is 7. The second kappa shape index (κ2) is 7.89. The zero-order valence-corrected chi connectivity index (χ0v) is 8.55. The van der Waals surface area contributed by atoms with E-state index in [1.807, 2.05) is 0 Å². The fraction of sp³-hybridized carbons (Fsp3) is 0.667. The maximum Gasteiger partial charge on any atom is 0.0586 e. The zero-order chi connectivity index (χ0) is 10.1. The van der Waals surface area contributed by atoms with E-state index >= 15 is 0 Å². The molecule has 0 aromatic heterocycles. The number of unbranched alkanes of at least 4 members (excludes halogenated alkanes) is 3. The highest BCUT2D eigenvalue weighted by atomic mass is 16.3. The summed E-state index contributed by atoms with van der Waals surface area (Å²) in [6.07, 6.45) is 11.0. The average molecular weight is 180 g/mol. The average Bonchev–Trinajstić information content (AvgIpc) is 2.12. The van der Waals surface area contributed by atoms with Crippen LogP contribution in [0.2, 0.25) is 0 Å². The van der Waals surface area contributed by atoms with Crippen molar-refractivity contribution in [2.75, 3.05) is 0 Å². The minimum absolute atomic E-state index is 0.291. The maximum absolute atomic E-state index is 9.49. The Kier molecular flexibility index (Phi) is 7.44. The van der Waals surface area contributed by atoms with E-state index in [1.54, 1.807) is 0 Å². The predicted octanol–water partition coefficient (Wildman–Crippen LogP) is 2.90. The lowest BCUT2D eigenvalue weighted by Gasteiger charge is -2.08. The molecule has 74 valence electrons. The van der Waals surface area contributed by atoms with Gasteiger partial charge in [0.2, 0.25) is 0 Å². The lowest BCUT2D eigenvalue weighted by atomic mass is 10.0. The van der Waals surface area contributed by atoms with Crippen LogP contribution in [-0.2, 0) is 0 Å². The van der Waals surface area contributed by atoms with Gasteiger partial charge in [0.15, 0.2) is 0 Å². The van der Waals surface area contributed by atoms with Crippen molar-refractivity contribution in [2.24, 2.45) is 0 Å². The lowest BCUT2D eigenvalue weighted by Crippen LogP contribution is -2.06. The summed E-state index contributed by atoms with van der Waals surface area (Å²) in [5.74, 6) is 2.44. The Balaban J connectivity index is 3.36. The van der Waals surface area contributed by atoms with Crippen LogP contribution in [0.15, 0.2) is 12.2 Å². The van der Waals surface area contributed by atoms with Gasteiger partial charge in [-0.05, 0) is 12.0 Å². The monoisotopic (exact) mass is 180 g/mol. The fourth-order valence-corrected chi connectivity index (χ4v) is 1.25. The minimum atomic E-state index is -0.291. The molecule has 0 heterocycles. The van der Waals surface area contributed by atoms with E-state index in [-0.39, 0.29) is 6.10 Å². The van der Waals surface area contributed by atoms with Crippen LogP contribution in [0.4, 0.5) is 0 Å². The summed E-state index contributed by atoms with van der Waals surface area (Å²) in [4.78, 5) is 0. The molecule has 1 heteroatoms. The van der Waals surface area contributed by atoms with Gasteiger partial charge in [-0.15, -0.1) is 6.42 Å². The predicted molar refractivity (Wildman–Crippen MR) is 57.4 cm³/mol. The normalized spacial score (nSPS) is 12.1. The van der Waals surface area contributed by atoms with E-state index in [0.29, 0.717) is 12.0 Å². The van der Waals surface area contributed by atoms with Crippen molar-refractivity contribution in [2.45, 2.75) is 51.6 Å². The largest absolute Gasteiger partial charge is 0.393 e. The number of aliphatic hydroxyl groups excluding tert-OH is 1. The smallest absolute Gasteiger partial charge is 0.0586 e. The highest BCUT2D eigenvalue weighted by Crippen LogP contribution is 2.10. The van der Waals surface area contributed by atoms with Crippen molar-refractivity contribution in [3.63, 3.8) is 0 Å². The second-order valence-electron chi connectivity index (χ2n) is 3.46. The molecule has 1 atom stereocenters. The van der Waals surface area contributed by atoms with E-state index in [0.717, 1.165) is 12.8 Å². The van der Waals surface area contributed by atoms with Gasteiger partial charge in [-0.25, -0.2) is 0 Å². The Morgan fingerprint density at radius 1 is 1.46 bits per heavy atom. The quantitative estimate of drug-likeness (QED) is 0.472. The first-order valence-corrected chi connectivity index (χ1v) is 5.03. The number of aliphatic hydroxyl groups is 1. The van der Waals surface area contributed by atoms with Crippen molar-refractivity contribution in [1.82, 2.24) is 0 Å². The molecule has 0 amide bonds. The van der Waals surface area contributed by atoms with Gasteiger partial charge in [0, 0.05) is 6.42 Å². The fourth-order valence-electron chi connectivity index (χ4n) is 1.25. The van der Waals surface area contributed by atoms with Gasteiger partial charge in [-0.3, -0.25) is 0 Å². The van der Waals surface area contributed by atoms with Gasteiger partial charge < -0.3 is 5.11 Å². The highest BCUT2D eigenvalue weighted by Gasteiger charge is 2.04. The first kappa shape index (κ1) is 12.3. The van der Waals surface area contributed by atoms with E-state index in [2.05, 4.69) is 19.4 Å². The Bertz CT molecular complexity index is 176. The molecule has 0 aliphatic carbocycles. The molecular weight excluding hydrogens is 160 g/mol. The molecule has 0 radical (unpaired) electrons. The van der Waals surface area contributed by atoms with Gasteiger partial charge in [0.25, 0.3) is 0 Å². The Labute approximate surface area is 81.9 Å². The van der Waals surface area contributed by atoms with E-state index in [4.69, 9.17) is 6.42 Å². The van der Waals surface area contributed by atoms with Crippen LogP contribution in [0.1, 0.15) is 45.4 Å². The van der Waals surface area contributed by atoms with Crippen LogP contribution in [-0.4, -0.2) is 11.2 Å². The standard InChI is InChI=1S/C12H20O/c1-4-6-7-8-9-12(13)10-11(3)5-2/h2,12-13H,3-4,6-10H2,1H3/t12-/m1/s1. The molecule has 0 aromatic carbocycles. The summed E-state index contributed by atoms with van der Waals surface area (Å²) in [7, 11) is 0. The van der Waals surface area contributed by atoms with Crippen LogP contribution in [0.25, 0.3) is 0 Å². The summed E-state index contributed by atoms with van der Waals surface area (Å²) in [6.45, 7) is 5.84. The molecular formula is C12H20O. The molecule has 0 saturated heterocycles. The third kappa shape index (κ3) is 7.62. The Morgan fingerprint density at radius 3 is 2.69 bits per heavy atom. The van der Waals surface area contributed by atoms with E-state index in [1.165, 1.54) is 19.3 Å². The van der Waals surface area contributed by atoms with Crippen LogP contribution < -0.4 is 0 Å². The molecule has 1 N–H and O–H groups in total. The van der Waals surface area contributed by atoms with Gasteiger partial charge >= 0.3 is 0 Å². The number of hydrogen-bond donors (Lipinski definition) is 1. The molecule has 0 rings (SSSR count). The van der Waals surface area contributed by atoms with Crippen LogP contribution >= 0.6 is 0 Å². The van der Waals surface area contributed by atoms with Gasteiger partial charge in [0.05, 0.1) is 6.10 Å². The summed E-state index contributed by atoms with van der Waals surface area (Å²) in [5.41, 5.74) is 0.697. The second-order valence-corrected chi connectivity index (χ2v) is 3.46. The van der Waals surface area contributed by atoms with Gasteiger partial charge in [0.1, 0.15) is 0 Å². The van der Waals surface area contributed by atoms with E-state index < -0.39 is 0 Å². The molecule has 1 nitrogen and oxygen atoms in total. The summed E-state index contributed by atoms with van der Waals surface area (Å²) >= 11 is 0. The highest BCUT2D eigenvalue weighted by molar-refractivity contribution is 5.21. The molecule has 0 saturated carbocycles. The third-order valence-electron chi connectivity index (χ3n) is 2.08. The van der Waals surface area contributed by atoms with Crippen molar-refractivity contribution >= 4 is 0 Å². The number of terminal acetylenes is 1. The minimum Gasteiger partial charge on any atom is -0.393 e. The summed E-state index contributed by atoms with van der Waals surface area (Å²) in [6, 6.07) is 0. The van der Waals surface area contributed by atoms with E-state index in [9.17, 15) is 5.11 Å². The van der Waals surface area contributed by atoms with Crippen molar-refractivity contribution < 1.29 is 5.11 Å². The van der Waals surface area contributed by atoms with Crippen molar-refractivity contribution in [3.05, 3.63) is 12.2 Å². The van der Waals surface area contributed by atoms with Crippen LogP contribution in [0.3, 0.4) is 0 Å². The molecule has 0 bridgehead atoms.